The molecule has 1 fully saturated rings. The van der Waals surface area contributed by atoms with Crippen LogP contribution in [0.1, 0.15) is 5.56 Å². The molecule has 1 aliphatic rings. The van der Waals surface area contributed by atoms with Crippen molar-refractivity contribution in [3.05, 3.63) is 29.8 Å². The van der Waals surface area contributed by atoms with Crippen LogP contribution >= 0.6 is 0 Å². The summed E-state index contributed by atoms with van der Waals surface area (Å²) in [6.45, 7) is 4.33. The van der Waals surface area contributed by atoms with E-state index in [9.17, 15) is 0 Å². The predicted molar refractivity (Wildman–Crippen MR) is 70.3 cm³/mol. The van der Waals surface area contributed by atoms with Gasteiger partial charge < -0.3 is 15.0 Å². The van der Waals surface area contributed by atoms with Crippen molar-refractivity contribution < 1.29 is 4.74 Å². The molecule has 1 aromatic carbocycles. The highest BCUT2D eigenvalue weighted by molar-refractivity contribution is 5.50. The van der Waals surface area contributed by atoms with Crippen molar-refractivity contribution in [2.75, 3.05) is 44.8 Å². The predicted octanol–water partition coefficient (Wildman–Crippen LogP) is 1.09. The highest BCUT2D eigenvalue weighted by atomic mass is 16.5. The van der Waals surface area contributed by atoms with Crippen molar-refractivity contribution in [1.29, 1.82) is 0 Å². The standard InChI is InChI=1S/C14H18N2O/c1-15-8-2-3-13-4-6-14(7-5-13)16-9-11-17-12-10-16/h4-7,15H,8-12H2,1H3. The zero-order valence-corrected chi connectivity index (χ0v) is 10.2. The Morgan fingerprint density at radius 3 is 2.59 bits per heavy atom. The van der Waals surface area contributed by atoms with Crippen molar-refractivity contribution in [2.45, 2.75) is 0 Å². The van der Waals surface area contributed by atoms with Gasteiger partial charge in [-0.3, -0.25) is 0 Å². The normalized spacial score (nSPS) is 15.2. The lowest BCUT2D eigenvalue weighted by atomic mass is 10.2. The zero-order valence-electron chi connectivity index (χ0n) is 10.2. The zero-order chi connectivity index (χ0) is 11.9. The van der Waals surface area contributed by atoms with E-state index in [1.54, 1.807) is 0 Å². The molecule has 90 valence electrons. The molecule has 1 heterocycles. The van der Waals surface area contributed by atoms with Crippen LogP contribution in [0.15, 0.2) is 24.3 Å². The van der Waals surface area contributed by atoms with Gasteiger partial charge in [-0.15, -0.1) is 0 Å². The van der Waals surface area contributed by atoms with Crippen LogP contribution in [0.4, 0.5) is 5.69 Å². The van der Waals surface area contributed by atoms with Gasteiger partial charge in [0.2, 0.25) is 0 Å². The van der Waals surface area contributed by atoms with Crippen LogP contribution in [-0.4, -0.2) is 39.9 Å². The van der Waals surface area contributed by atoms with Crippen LogP contribution in [0, 0.1) is 11.8 Å². The van der Waals surface area contributed by atoms with Gasteiger partial charge in [0.15, 0.2) is 0 Å². The summed E-state index contributed by atoms with van der Waals surface area (Å²) in [5.41, 5.74) is 2.32. The van der Waals surface area contributed by atoms with Gasteiger partial charge >= 0.3 is 0 Å². The first-order valence-electron chi connectivity index (χ1n) is 5.96. The largest absolute Gasteiger partial charge is 0.378 e. The number of hydrogen-bond donors (Lipinski definition) is 1. The third-order valence-corrected chi connectivity index (χ3v) is 2.74. The summed E-state index contributed by atoms with van der Waals surface area (Å²) in [5.74, 6) is 6.18. The Kier molecular flexibility index (Phi) is 4.43. The Bertz CT molecular complexity index is 396. The number of ether oxygens (including phenoxy) is 1. The number of anilines is 1. The van der Waals surface area contributed by atoms with E-state index >= 15 is 0 Å². The van der Waals surface area contributed by atoms with Gasteiger partial charge in [0.05, 0.1) is 19.8 Å². The lowest BCUT2D eigenvalue weighted by Crippen LogP contribution is -2.36. The van der Waals surface area contributed by atoms with E-state index in [2.05, 4.69) is 46.3 Å². The molecular weight excluding hydrogens is 212 g/mol. The average molecular weight is 230 g/mol. The smallest absolute Gasteiger partial charge is 0.0642 e. The molecule has 1 N–H and O–H groups in total. The molecule has 0 saturated carbocycles. The molecule has 17 heavy (non-hydrogen) atoms. The Labute approximate surface area is 103 Å². The molecule has 0 atom stereocenters. The van der Waals surface area contributed by atoms with E-state index in [0.717, 1.165) is 38.4 Å². The molecule has 0 bridgehead atoms. The second-order valence-electron chi connectivity index (χ2n) is 3.98. The minimum absolute atomic E-state index is 0.727. The fraction of sp³-hybridized carbons (Fsp3) is 0.429. The summed E-state index contributed by atoms with van der Waals surface area (Å²) in [6.07, 6.45) is 0. The van der Waals surface area contributed by atoms with Gasteiger partial charge in [0.1, 0.15) is 0 Å². The monoisotopic (exact) mass is 230 g/mol. The molecule has 0 aromatic heterocycles. The first-order chi connectivity index (χ1) is 8.40. The minimum Gasteiger partial charge on any atom is -0.378 e. The maximum absolute atomic E-state index is 5.34. The first kappa shape index (κ1) is 12.0. The van der Waals surface area contributed by atoms with Gasteiger partial charge in [-0.05, 0) is 31.3 Å². The van der Waals surface area contributed by atoms with Crippen molar-refractivity contribution in [2.24, 2.45) is 0 Å². The maximum Gasteiger partial charge on any atom is 0.0642 e. The lowest BCUT2D eigenvalue weighted by Gasteiger charge is -2.28. The Balaban J connectivity index is 2.00. The Morgan fingerprint density at radius 1 is 1.24 bits per heavy atom. The van der Waals surface area contributed by atoms with Crippen LogP contribution in [0.3, 0.4) is 0 Å². The Hall–Kier alpha value is -1.50. The quantitative estimate of drug-likeness (QED) is 0.770. The van der Waals surface area contributed by atoms with E-state index < -0.39 is 0 Å². The third kappa shape index (κ3) is 3.48. The third-order valence-electron chi connectivity index (χ3n) is 2.74. The van der Waals surface area contributed by atoms with Crippen molar-refractivity contribution >= 4 is 5.69 Å². The molecule has 0 aliphatic carbocycles. The molecule has 0 unspecified atom stereocenters. The number of hydrogen-bond acceptors (Lipinski definition) is 3. The van der Waals surface area contributed by atoms with E-state index in [1.807, 2.05) is 7.05 Å². The van der Waals surface area contributed by atoms with E-state index in [1.165, 1.54) is 5.69 Å². The summed E-state index contributed by atoms with van der Waals surface area (Å²) < 4.78 is 5.34. The van der Waals surface area contributed by atoms with Gasteiger partial charge in [0, 0.05) is 24.3 Å². The highest BCUT2D eigenvalue weighted by Gasteiger charge is 2.10. The molecule has 0 spiro atoms. The van der Waals surface area contributed by atoms with Crippen LogP contribution in [0.25, 0.3) is 0 Å². The van der Waals surface area contributed by atoms with Gasteiger partial charge in [0.25, 0.3) is 0 Å². The topological polar surface area (TPSA) is 24.5 Å². The number of nitrogens with zero attached hydrogens (tertiary/aromatic N) is 1. The number of morpholine rings is 1. The van der Waals surface area contributed by atoms with Crippen LogP contribution in [0.5, 0.6) is 0 Å². The lowest BCUT2D eigenvalue weighted by molar-refractivity contribution is 0.122. The van der Waals surface area contributed by atoms with E-state index in [-0.39, 0.29) is 0 Å². The van der Waals surface area contributed by atoms with Gasteiger partial charge in [-0.2, -0.15) is 0 Å². The minimum atomic E-state index is 0.727. The Morgan fingerprint density at radius 2 is 1.94 bits per heavy atom. The molecule has 0 amide bonds. The maximum atomic E-state index is 5.34. The summed E-state index contributed by atoms with van der Waals surface area (Å²) in [6, 6.07) is 8.42. The second-order valence-corrected chi connectivity index (χ2v) is 3.98. The summed E-state index contributed by atoms with van der Waals surface area (Å²) in [4.78, 5) is 2.34. The molecule has 1 aromatic rings. The summed E-state index contributed by atoms with van der Waals surface area (Å²) >= 11 is 0. The molecule has 1 saturated heterocycles. The van der Waals surface area contributed by atoms with Crippen molar-refractivity contribution in [3.8, 4) is 11.8 Å². The molecule has 1 aliphatic heterocycles. The number of nitrogens with one attached hydrogen (secondary N) is 1. The van der Waals surface area contributed by atoms with E-state index in [4.69, 9.17) is 4.74 Å². The fourth-order valence-electron chi connectivity index (χ4n) is 1.81. The van der Waals surface area contributed by atoms with Gasteiger partial charge in [-0.25, -0.2) is 0 Å². The molecule has 3 nitrogen and oxygen atoms in total. The SMILES string of the molecule is CNCC#Cc1ccc(N2CCOCC2)cc1. The van der Waals surface area contributed by atoms with Crippen LogP contribution in [-0.2, 0) is 4.74 Å². The molecule has 2 rings (SSSR count). The van der Waals surface area contributed by atoms with Crippen molar-refractivity contribution in [1.82, 2.24) is 5.32 Å². The van der Waals surface area contributed by atoms with Crippen LogP contribution < -0.4 is 10.2 Å². The highest BCUT2D eigenvalue weighted by Crippen LogP contribution is 2.16. The van der Waals surface area contributed by atoms with Crippen LogP contribution in [0.2, 0.25) is 0 Å². The molecular formula is C14H18N2O. The van der Waals surface area contributed by atoms with Crippen molar-refractivity contribution in [3.63, 3.8) is 0 Å². The molecule has 0 radical (unpaired) electrons. The molecule has 3 heteroatoms. The summed E-state index contributed by atoms with van der Waals surface area (Å²) in [7, 11) is 1.90. The number of rotatable bonds is 2. The van der Waals surface area contributed by atoms with Gasteiger partial charge in [-0.1, -0.05) is 11.8 Å². The number of benzene rings is 1. The van der Waals surface area contributed by atoms with E-state index in [0.29, 0.717) is 0 Å². The second kappa shape index (κ2) is 6.29. The fourth-order valence-corrected chi connectivity index (χ4v) is 1.81. The first-order valence-corrected chi connectivity index (χ1v) is 5.96. The summed E-state index contributed by atoms with van der Waals surface area (Å²) in [5, 5.41) is 3.01. The average Bonchev–Trinajstić information content (AvgIpc) is 2.41.